The molecule has 2 aromatic heterocycles. The monoisotopic (exact) mass is 351 g/mol. The number of pyridine rings is 1. The number of hydrogen-bond donors (Lipinski definition) is 1. The Bertz CT molecular complexity index is 557. The van der Waals surface area contributed by atoms with Gasteiger partial charge in [-0.15, -0.1) is 11.3 Å². The third-order valence-electron chi connectivity index (χ3n) is 3.91. The van der Waals surface area contributed by atoms with E-state index >= 15 is 0 Å². The van der Waals surface area contributed by atoms with E-state index in [0.717, 1.165) is 6.54 Å². The van der Waals surface area contributed by atoms with Crippen molar-refractivity contribution in [1.82, 2.24) is 9.88 Å². The molecule has 1 fully saturated rings. The summed E-state index contributed by atoms with van der Waals surface area (Å²) >= 11 is 5.33. The molecule has 0 aromatic carbocycles. The molecular formula is C15H18BrN3S. The number of rotatable bonds is 4. The highest BCUT2D eigenvalue weighted by atomic mass is 79.9. The summed E-state index contributed by atoms with van der Waals surface area (Å²) in [6.07, 6.45) is 6.23. The second-order valence-corrected chi connectivity index (χ2v) is 7.57. The Hall–Kier alpha value is -0.750. The molecule has 3 heterocycles. The molecule has 0 aliphatic carbocycles. The number of aromatic nitrogens is 1. The van der Waals surface area contributed by atoms with Gasteiger partial charge in [-0.1, -0.05) is 6.07 Å². The molecule has 3 nitrogen and oxygen atoms in total. The second kappa shape index (κ2) is 6.35. The van der Waals surface area contributed by atoms with E-state index < -0.39 is 0 Å². The lowest BCUT2D eigenvalue weighted by atomic mass is 10.0. The van der Waals surface area contributed by atoms with Crippen LogP contribution in [0, 0.1) is 0 Å². The summed E-state index contributed by atoms with van der Waals surface area (Å²) < 4.78 is 1.17. The Morgan fingerprint density at radius 1 is 1.45 bits per heavy atom. The number of halogens is 1. The molecular weight excluding hydrogens is 334 g/mol. The maximum absolute atomic E-state index is 6.07. The van der Waals surface area contributed by atoms with Crippen LogP contribution in [-0.2, 0) is 0 Å². The Morgan fingerprint density at radius 3 is 3.00 bits per heavy atom. The largest absolute Gasteiger partial charge is 0.329 e. The fourth-order valence-corrected chi connectivity index (χ4v) is 4.57. The van der Waals surface area contributed by atoms with Gasteiger partial charge in [0.25, 0.3) is 0 Å². The van der Waals surface area contributed by atoms with E-state index in [-0.39, 0.29) is 0 Å². The number of nitrogens with two attached hydrogens (primary N) is 1. The van der Waals surface area contributed by atoms with Crippen molar-refractivity contribution in [1.29, 1.82) is 0 Å². The van der Waals surface area contributed by atoms with Gasteiger partial charge in [0.15, 0.2) is 0 Å². The van der Waals surface area contributed by atoms with Crippen LogP contribution in [0.4, 0.5) is 0 Å². The maximum Gasteiger partial charge on any atom is 0.0702 e. The Labute approximate surface area is 131 Å². The van der Waals surface area contributed by atoms with Gasteiger partial charge in [-0.25, -0.2) is 0 Å². The van der Waals surface area contributed by atoms with Crippen LogP contribution in [0.5, 0.6) is 0 Å². The summed E-state index contributed by atoms with van der Waals surface area (Å²) in [5, 5.41) is 0. The van der Waals surface area contributed by atoms with Crippen LogP contribution in [0.3, 0.4) is 0 Å². The van der Waals surface area contributed by atoms with Crippen LogP contribution < -0.4 is 5.73 Å². The van der Waals surface area contributed by atoms with E-state index in [1.54, 1.807) is 11.3 Å². The van der Waals surface area contributed by atoms with Crippen molar-refractivity contribution in [3.63, 3.8) is 0 Å². The number of likely N-dealkylation sites (tertiary alicyclic amines) is 1. The van der Waals surface area contributed by atoms with Crippen molar-refractivity contribution in [2.45, 2.75) is 24.9 Å². The van der Waals surface area contributed by atoms with Gasteiger partial charge in [0, 0.05) is 29.9 Å². The minimum Gasteiger partial charge on any atom is -0.329 e. The summed E-state index contributed by atoms with van der Waals surface area (Å²) in [5.41, 5.74) is 7.37. The normalized spacial score (nSPS) is 21.2. The second-order valence-electron chi connectivity index (χ2n) is 5.08. The zero-order valence-electron chi connectivity index (χ0n) is 11.2. The van der Waals surface area contributed by atoms with Gasteiger partial charge in [-0.3, -0.25) is 9.88 Å². The minimum absolute atomic E-state index is 0.305. The number of thiophene rings is 1. The number of nitrogens with zero attached hydrogens (tertiary/aromatic N) is 2. The Kier molecular flexibility index (Phi) is 4.51. The molecule has 5 heteroatoms. The van der Waals surface area contributed by atoms with Crippen LogP contribution in [0.2, 0.25) is 0 Å². The van der Waals surface area contributed by atoms with Crippen LogP contribution in [0.15, 0.2) is 40.4 Å². The highest BCUT2D eigenvalue weighted by Crippen LogP contribution is 2.40. The highest BCUT2D eigenvalue weighted by molar-refractivity contribution is 9.11. The molecule has 0 amide bonds. The molecule has 2 unspecified atom stereocenters. The van der Waals surface area contributed by atoms with Crippen molar-refractivity contribution in [2.75, 3.05) is 13.1 Å². The van der Waals surface area contributed by atoms with Crippen molar-refractivity contribution in [3.05, 3.63) is 50.9 Å². The molecule has 0 spiro atoms. The van der Waals surface area contributed by atoms with Gasteiger partial charge in [0.05, 0.1) is 9.83 Å². The first-order chi connectivity index (χ1) is 9.79. The molecule has 1 saturated heterocycles. The highest BCUT2D eigenvalue weighted by Gasteiger charge is 2.32. The topological polar surface area (TPSA) is 42.1 Å². The predicted octanol–water partition coefficient (Wildman–Crippen LogP) is 3.74. The van der Waals surface area contributed by atoms with E-state index in [1.807, 2.05) is 18.5 Å². The third kappa shape index (κ3) is 2.81. The summed E-state index contributed by atoms with van der Waals surface area (Å²) in [4.78, 5) is 8.14. The summed E-state index contributed by atoms with van der Waals surface area (Å²) in [6, 6.07) is 9.24. The van der Waals surface area contributed by atoms with E-state index in [9.17, 15) is 0 Å². The molecule has 0 radical (unpaired) electrons. The predicted molar refractivity (Wildman–Crippen MR) is 86.7 cm³/mol. The standard InChI is InChI=1S/C15H18BrN3S/c16-15-6-5-14(20-15)13(9-17)19-8-2-4-12(19)11-3-1-7-18-10-11/h1,3,5-7,10,12-13H,2,4,8-9,17H2. The van der Waals surface area contributed by atoms with Gasteiger partial charge in [-0.2, -0.15) is 0 Å². The first-order valence-corrected chi connectivity index (χ1v) is 8.51. The molecule has 106 valence electrons. The average molecular weight is 352 g/mol. The lowest BCUT2D eigenvalue weighted by molar-refractivity contribution is 0.188. The zero-order chi connectivity index (χ0) is 13.9. The molecule has 0 saturated carbocycles. The van der Waals surface area contributed by atoms with Crippen LogP contribution in [0.25, 0.3) is 0 Å². The molecule has 2 N–H and O–H groups in total. The average Bonchev–Trinajstić information content (AvgIpc) is 3.11. The summed E-state index contributed by atoms with van der Waals surface area (Å²) in [6.45, 7) is 1.76. The van der Waals surface area contributed by atoms with Gasteiger partial charge in [0.2, 0.25) is 0 Å². The van der Waals surface area contributed by atoms with Crippen molar-refractivity contribution >= 4 is 27.3 Å². The fourth-order valence-electron chi connectivity index (χ4n) is 3.02. The van der Waals surface area contributed by atoms with Crippen LogP contribution >= 0.6 is 27.3 Å². The lowest BCUT2D eigenvalue weighted by Crippen LogP contribution is -2.33. The van der Waals surface area contributed by atoms with Gasteiger partial charge < -0.3 is 5.73 Å². The maximum atomic E-state index is 6.07. The van der Waals surface area contributed by atoms with Crippen molar-refractivity contribution < 1.29 is 0 Å². The van der Waals surface area contributed by atoms with Crippen molar-refractivity contribution in [2.24, 2.45) is 5.73 Å². The minimum atomic E-state index is 0.305. The van der Waals surface area contributed by atoms with Gasteiger partial charge >= 0.3 is 0 Å². The third-order valence-corrected chi connectivity index (χ3v) is 5.63. The Morgan fingerprint density at radius 2 is 2.35 bits per heavy atom. The fraction of sp³-hybridized carbons (Fsp3) is 0.400. The van der Waals surface area contributed by atoms with Crippen LogP contribution in [0.1, 0.15) is 35.4 Å². The smallest absolute Gasteiger partial charge is 0.0702 e. The molecule has 2 aromatic rings. The van der Waals surface area contributed by atoms with Crippen molar-refractivity contribution in [3.8, 4) is 0 Å². The van der Waals surface area contributed by atoms with E-state index in [2.05, 4.69) is 44.0 Å². The molecule has 20 heavy (non-hydrogen) atoms. The lowest BCUT2D eigenvalue weighted by Gasteiger charge is -2.31. The quantitative estimate of drug-likeness (QED) is 0.911. The molecule has 0 bridgehead atoms. The summed E-state index contributed by atoms with van der Waals surface area (Å²) in [7, 11) is 0. The molecule has 2 atom stereocenters. The SMILES string of the molecule is NCC(c1ccc(Br)s1)N1CCCC1c1cccnc1. The first-order valence-electron chi connectivity index (χ1n) is 6.90. The van der Waals surface area contributed by atoms with E-state index in [1.165, 1.54) is 27.1 Å². The zero-order valence-corrected chi connectivity index (χ0v) is 13.6. The first kappa shape index (κ1) is 14.2. The van der Waals surface area contributed by atoms with E-state index in [0.29, 0.717) is 18.6 Å². The molecule has 3 rings (SSSR count). The summed E-state index contributed by atoms with van der Waals surface area (Å²) in [5.74, 6) is 0. The molecule has 1 aliphatic rings. The Balaban J connectivity index is 1.87. The van der Waals surface area contributed by atoms with Gasteiger partial charge in [0.1, 0.15) is 0 Å². The van der Waals surface area contributed by atoms with E-state index in [4.69, 9.17) is 5.73 Å². The van der Waals surface area contributed by atoms with Gasteiger partial charge in [-0.05, 0) is 59.1 Å². The molecule has 1 aliphatic heterocycles. The number of hydrogen-bond acceptors (Lipinski definition) is 4. The van der Waals surface area contributed by atoms with Crippen LogP contribution in [-0.4, -0.2) is 23.0 Å².